The van der Waals surface area contributed by atoms with Crippen LogP contribution in [0.5, 0.6) is 0 Å². The first kappa shape index (κ1) is 16.4. The minimum Gasteiger partial charge on any atom is -0.341 e. The van der Waals surface area contributed by atoms with E-state index in [0.717, 1.165) is 30.4 Å². The van der Waals surface area contributed by atoms with Crippen LogP contribution in [0.1, 0.15) is 30.4 Å². The van der Waals surface area contributed by atoms with E-state index >= 15 is 0 Å². The Morgan fingerprint density at radius 3 is 2.35 bits per heavy atom. The number of nitrogens with zero attached hydrogens (tertiary/aromatic N) is 1. The number of benzene rings is 2. The first-order chi connectivity index (χ1) is 11.0. The summed E-state index contributed by atoms with van der Waals surface area (Å²) in [7, 11) is 1.86. The highest BCUT2D eigenvalue weighted by Gasteiger charge is 2.46. The lowest BCUT2D eigenvalue weighted by Crippen LogP contribution is -2.49. The molecule has 1 saturated carbocycles. The third-order valence-electron chi connectivity index (χ3n) is 4.67. The SMILES string of the molecule is CN(Cc1cccc(Cl)c1)C(=O)C1(c2ccc(Cl)cc2)CCC1. The number of carbonyl (C=O) groups is 1. The molecule has 0 spiro atoms. The molecular formula is C19H19Cl2NO. The van der Waals surface area contributed by atoms with Gasteiger partial charge in [-0.3, -0.25) is 4.79 Å². The monoisotopic (exact) mass is 347 g/mol. The quantitative estimate of drug-likeness (QED) is 0.755. The second-order valence-electron chi connectivity index (χ2n) is 6.23. The Kier molecular flexibility index (Phi) is 4.65. The van der Waals surface area contributed by atoms with Crippen LogP contribution in [-0.2, 0) is 16.8 Å². The van der Waals surface area contributed by atoms with Gasteiger partial charge in [-0.2, -0.15) is 0 Å². The number of hydrogen-bond donors (Lipinski definition) is 0. The molecule has 0 saturated heterocycles. The lowest BCUT2D eigenvalue weighted by molar-refractivity contribution is -0.140. The molecular weight excluding hydrogens is 329 g/mol. The van der Waals surface area contributed by atoms with Crippen molar-refractivity contribution in [3.05, 3.63) is 69.7 Å². The minimum absolute atomic E-state index is 0.172. The van der Waals surface area contributed by atoms with Gasteiger partial charge in [-0.1, -0.05) is 53.9 Å². The van der Waals surface area contributed by atoms with Crippen LogP contribution in [-0.4, -0.2) is 17.9 Å². The summed E-state index contributed by atoms with van der Waals surface area (Å²) in [6, 6.07) is 15.3. The van der Waals surface area contributed by atoms with Crippen LogP contribution in [0.25, 0.3) is 0 Å². The van der Waals surface area contributed by atoms with Crippen molar-refractivity contribution >= 4 is 29.1 Å². The van der Waals surface area contributed by atoms with E-state index in [9.17, 15) is 4.79 Å². The van der Waals surface area contributed by atoms with Crippen LogP contribution < -0.4 is 0 Å². The van der Waals surface area contributed by atoms with E-state index in [1.165, 1.54) is 0 Å². The molecule has 2 nitrogen and oxygen atoms in total. The van der Waals surface area contributed by atoms with Crippen molar-refractivity contribution in [2.45, 2.75) is 31.2 Å². The summed E-state index contributed by atoms with van der Waals surface area (Å²) in [6.45, 7) is 0.564. The van der Waals surface area contributed by atoms with E-state index < -0.39 is 5.41 Å². The maximum atomic E-state index is 13.1. The van der Waals surface area contributed by atoms with Crippen molar-refractivity contribution in [2.75, 3.05) is 7.05 Å². The molecule has 0 radical (unpaired) electrons. The Hall–Kier alpha value is -1.51. The van der Waals surface area contributed by atoms with Crippen molar-refractivity contribution in [3.63, 3.8) is 0 Å². The van der Waals surface area contributed by atoms with Gasteiger partial charge < -0.3 is 4.90 Å². The highest BCUT2D eigenvalue weighted by molar-refractivity contribution is 6.30. The third-order valence-corrected chi connectivity index (χ3v) is 5.16. The van der Waals surface area contributed by atoms with Gasteiger partial charge in [0, 0.05) is 23.6 Å². The normalized spacial score (nSPS) is 15.8. The minimum atomic E-state index is -0.391. The van der Waals surface area contributed by atoms with Crippen molar-refractivity contribution in [1.29, 1.82) is 0 Å². The van der Waals surface area contributed by atoms with Crippen LogP contribution in [0.2, 0.25) is 10.0 Å². The van der Waals surface area contributed by atoms with Crippen molar-refractivity contribution < 1.29 is 4.79 Å². The first-order valence-corrected chi connectivity index (χ1v) is 8.53. The molecule has 1 fully saturated rings. The summed E-state index contributed by atoms with van der Waals surface area (Å²) in [5.74, 6) is 0.172. The fourth-order valence-corrected chi connectivity index (χ4v) is 3.61. The average molecular weight is 348 g/mol. The summed E-state index contributed by atoms with van der Waals surface area (Å²) in [5.41, 5.74) is 1.72. The highest BCUT2D eigenvalue weighted by Crippen LogP contribution is 2.45. The number of amides is 1. The van der Waals surface area contributed by atoms with E-state index in [0.29, 0.717) is 16.6 Å². The second kappa shape index (κ2) is 6.54. The number of rotatable bonds is 4. The second-order valence-corrected chi connectivity index (χ2v) is 7.11. The molecule has 1 aliphatic rings. The summed E-state index contributed by atoms with van der Waals surface area (Å²) < 4.78 is 0. The molecule has 1 aliphatic carbocycles. The van der Waals surface area contributed by atoms with Crippen LogP contribution in [0.3, 0.4) is 0 Å². The summed E-state index contributed by atoms with van der Waals surface area (Å²) in [4.78, 5) is 14.9. The molecule has 0 aliphatic heterocycles. The van der Waals surface area contributed by atoms with Crippen LogP contribution in [0.4, 0.5) is 0 Å². The van der Waals surface area contributed by atoms with E-state index in [4.69, 9.17) is 23.2 Å². The van der Waals surface area contributed by atoms with E-state index in [-0.39, 0.29) is 5.91 Å². The summed E-state index contributed by atoms with van der Waals surface area (Å²) in [5, 5.41) is 1.39. The topological polar surface area (TPSA) is 20.3 Å². The van der Waals surface area contributed by atoms with Gasteiger partial charge in [-0.15, -0.1) is 0 Å². The zero-order valence-corrected chi connectivity index (χ0v) is 14.6. The molecule has 23 heavy (non-hydrogen) atoms. The smallest absolute Gasteiger partial charge is 0.233 e. The van der Waals surface area contributed by atoms with Crippen molar-refractivity contribution in [3.8, 4) is 0 Å². The number of hydrogen-bond acceptors (Lipinski definition) is 1. The predicted molar refractivity (Wildman–Crippen MR) is 94.9 cm³/mol. The molecule has 0 bridgehead atoms. The Morgan fingerprint density at radius 1 is 1.09 bits per heavy atom. The van der Waals surface area contributed by atoms with Crippen molar-refractivity contribution in [2.24, 2.45) is 0 Å². The van der Waals surface area contributed by atoms with Crippen LogP contribution >= 0.6 is 23.2 Å². The molecule has 2 aromatic carbocycles. The molecule has 0 heterocycles. The molecule has 0 aromatic heterocycles. The zero-order valence-electron chi connectivity index (χ0n) is 13.1. The fraction of sp³-hybridized carbons (Fsp3) is 0.316. The number of carbonyl (C=O) groups excluding carboxylic acids is 1. The van der Waals surface area contributed by atoms with E-state index in [2.05, 4.69) is 0 Å². The number of halogens is 2. The maximum Gasteiger partial charge on any atom is 0.233 e. The third kappa shape index (κ3) is 3.24. The molecule has 2 aromatic rings. The lowest BCUT2D eigenvalue weighted by atomic mass is 9.63. The van der Waals surface area contributed by atoms with Crippen molar-refractivity contribution in [1.82, 2.24) is 4.90 Å². The van der Waals surface area contributed by atoms with Gasteiger partial charge in [-0.05, 0) is 48.2 Å². The van der Waals surface area contributed by atoms with Gasteiger partial charge in [0.15, 0.2) is 0 Å². The Balaban J connectivity index is 1.81. The Bertz CT molecular complexity index is 708. The van der Waals surface area contributed by atoms with E-state index in [1.54, 1.807) is 4.90 Å². The highest BCUT2D eigenvalue weighted by atomic mass is 35.5. The van der Waals surface area contributed by atoms with Gasteiger partial charge in [0.2, 0.25) is 5.91 Å². The Morgan fingerprint density at radius 2 is 1.78 bits per heavy atom. The van der Waals surface area contributed by atoms with Gasteiger partial charge in [0.25, 0.3) is 0 Å². The van der Waals surface area contributed by atoms with Gasteiger partial charge >= 0.3 is 0 Å². The van der Waals surface area contributed by atoms with Gasteiger partial charge in [0.1, 0.15) is 0 Å². The standard InChI is InChI=1S/C19H19Cl2NO/c1-22(13-14-4-2-5-17(21)12-14)18(23)19(10-3-11-19)15-6-8-16(20)9-7-15/h2,4-9,12H,3,10-11,13H2,1H3. The van der Waals surface area contributed by atoms with Gasteiger partial charge in [0.05, 0.1) is 5.41 Å². The molecule has 0 atom stereocenters. The Labute approximate surface area is 147 Å². The molecule has 0 N–H and O–H groups in total. The van der Waals surface area contributed by atoms with Crippen LogP contribution in [0.15, 0.2) is 48.5 Å². The average Bonchev–Trinajstić information content (AvgIpc) is 2.48. The number of likely N-dealkylation sites (N-methyl/N-ethyl adjacent to an activating group) is 1. The largest absolute Gasteiger partial charge is 0.341 e. The van der Waals surface area contributed by atoms with Crippen LogP contribution in [0, 0.1) is 0 Å². The van der Waals surface area contributed by atoms with Gasteiger partial charge in [-0.25, -0.2) is 0 Å². The zero-order chi connectivity index (χ0) is 16.4. The fourth-order valence-electron chi connectivity index (χ4n) is 3.27. The lowest BCUT2D eigenvalue weighted by Gasteiger charge is -2.43. The molecule has 3 rings (SSSR count). The molecule has 4 heteroatoms. The maximum absolute atomic E-state index is 13.1. The molecule has 1 amide bonds. The first-order valence-electron chi connectivity index (χ1n) is 7.77. The summed E-state index contributed by atoms with van der Waals surface area (Å²) in [6.07, 6.45) is 2.88. The predicted octanol–water partition coefficient (Wildman–Crippen LogP) is 5.07. The molecule has 120 valence electrons. The molecule has 0 unspecified atom stereocenters. The van der Waals surface area contributed by atoms with E-state index in [1.807, 2.05) is 55.6 Å². The summed E-state index contributed by atoms with van der Waals surface area (Å²) >= 11 is 12.0.